The smallest absolute Gasteiger partial charge is 0.217 e. The number of rotatable bonds is 3. The second kappa shape index (κ2) is 5.21. The van der Waals surface area contributed by atoms with Crippen LogP contribution in [0.3, 0.4) is 0 Å². The molecule has 3 rings (SSSR count). The first kappa shape index (κ1) is 13.1. The van der Waals surface area contributed by atoms with E-state index in [1.54, 1.807) is 0 Å². The summed E-state index contributed by atoms with van der Waals surface area (Å²) >= 11 is 0. The number of benzene rings is 1. The van der Waals surface area contributed by atoms with Crippen LogP contribution in [0.1, 0.15) is 31.4 Å². The zero-order valence-electron chi connectivity index (χ0n) is 11.4. The third-order valence-corrected chi connectivity index (χ3v) is 3.95. The molecule has 0 radical (unpaired) electrons. The van der Waals surface area contributed by atoms with Gasteiger partial charge in [-0.05, 0) is 36.5 Å². The molecular weight excluding hydrogens is 252 g/mol. The number of amides is 1. The van der Waals surface area contributed by atoms with Crippen LogP contribution >= 0.6 is 0 Å². The van der Waals surface area contributed by atoms with E-state index in [2.05, 4.69) is 16.4 Å². The molecule has 1 fully saturated rings. The van der Waals surface area contributed by atoms with Crippen LogP contribution in [0.15, 0.2) is 36.5 Å². The van der Waals surface area contributed by atoms with Crippen LogP contribution in [0.25, 0.3) is 10.9 Å². The maximum absolute atomic E-state index is 11.4. The van der Waals surface area contributed by atoms with Gasteiger partial charge in [-0.2, -0.15) is 0 Å². The molecule has 1 aromatic carbocycles. The first-order valence-corrected chi connectivity index (χ1v) is 6.93. The second-order valence-corrected chi connectivity index (χ2v) is 5.52. The van der Waals surface area contributed by atoms with Crippen molar-refractivity contribution in [3.05, 3.63) is 42.1 Å². The lowest BCUT2D eigenvalue weighted by molar-refractivity contribution is -0.120. The number of hydrogen-bond donors (Lipinski definition) is 2. The average Bonchev–Trinajstić information content (AvgIpc) is 2.41. The Bertz CT molecular complexity index is 635. The minimum atomic E-state index is -0.232. The molecule has 0 aliphatic heterocycles. The minimum absolute atomic E-state index is 0.0513. The van der Waals surface area contributed by atoms with Gasteiger partial charge < -0.3 is 10.4 Å². The van der Waals surface area contributed by atoms with Crippen molar-refractivity contribution in [1.29, 1.82) is 0 Å². The summed E-state index contributed by atoms with van der Waals surface area (Å²) in [7, 11) is 0. The number of aliphatic hydroxyl groups excluding tert-OH is 1. The van der Waals surface area contributed by atoms with E-state index in [1.165, 1.54) is 6.92 Å². The fraction of sp³-hybridized carbons (Fsp3) is 0.375. The minimum Gasteiger partial charge on any atom is -0.393 e. The maximum atomic E-state index is 11.4. The van der Waals surface area contributed by atoms with Crippen LogP contribution in [-0.2, 0) is 4.79 Å². The molecule has 1 amide bonds. The van der Waals surface area contributed by atoms with Crippen molar-refractivity contribution in [2.24, 2.45) is 5.92 Å². The molecule has 104 valence electrons. The molecule has 1 aliphatic carbocycles. The molecule has 0 saturated heterocycles. The van der Waals surface area contributed by atoms with Gasteiger partial charge in [0, 0.05) is 18.5 Å². The number of aliphatic hydroxyl groups is 1. The number of carbonyl (C=O) groups is 1. The van der Waals surface area contributed by atoms with Crippen LogP contribution < -0.4 is 5.32 Å². The summed E-state index contributed by atoms with van der Waals surface area (Å²) in [5.74, 6) is 0.237. The number of nitrogens with zero attached hydrogens (tertiary/aromatic N) is 1. The Hall–Kier alpha value is -1.94. The van der Waals surface area contributed by atoms with Gasteiger partial charge in [-0.1, -0.05) is 18.2 Å². The predicted molar refractivity (Wildman–Crippen MR) is 77.0 cm³/mol. The quantitative estimate of drug-likeness (QED) is 0.898. The van der Waals surface area contributed by atoms with Gasteiger partial charge in [0.25, 0.3) is 0 Å². The van der Waals surface area contributed by atoms with Gasteiger partial charge >= 0.3 is 0 Å². The van der Waals surface area contributed by atoms with Crippen LogP contribution in [-0.4, -0.2) is 22.1 Å². The van der Waals surface area contributed by atoms with Gasteiger partial charge in [-0.25, -0.2) is 0 Å². The molecule has 0 unspecified atom stereocenters. The van der Waals surface area contributed by atoms with Gasteiger partial charge in [0.2, 0.25) is 5.91 Å². The fourth-order valence-electron chi connectivity index (χ4n) is 2.85. The average molecular weight is 270 g/mol. The number of carbonyl (C=O) groups excluding carboxylic acids is 1. The highest BCUT2D eigenvalue weighted by atomic mass is 16.3. The third-order valence-electron chi connectivity index (χ3n) is 3.95. The molecule has 0 bridgehead atoms. The second-order valence-electron chi connectivity index (χ2n) is 5.52. The van der Waals surface area contributed by atoms with E-state index in [-0.39, 0.29) is 24.0 Å². The van der Waals surface area contributed by atoms with Gasteiger partial charge in [-0.15, -0.1) is 0 Å². The summed E-state index contributed by atoms with van der Waals surface area (Å²) in [4.78, 5) is 15.9. The molecular formula is C16H18N2O2. The third kappa shape index (κ3) is 2.51. The van der Waals surface area contributed by atoms with Crippen molar-refractivity contribution in [2.45, 2.75) is 31.9 Å². The topological polar surface area (TPSA) is 62.2 Å². The van der Waals surface area contributed by atoms with Gasteiger partial charge in [0.15, 0.2) is 0 Å². The summed E-state index contributed by atoms with van der Waals surface area (Å²) in [6.45, 7) is 1.52. The van der Waals surface area contributed by atoms with Crippen LogP contribution in [0.5, 0.6) is 0 Å². The van der Waals surface area contributed by atoms with Gasteiger partial charge in [0.1, 0.15) is 0 Å². The summed E-state index contributed by atoms with van der Waals surface area (Å²) in [5, 5.41) is 13.6. The first-order chi connectivity index (χ1) is 9.63. The SMILES string of the molecule is CC(=O)N[C@H](c1cnc2ccccc2c1)C1CC(O)C1. The number of aromatic nitrogens is 1. The molecule has 1 heterocycles. The normalized spacial score (nSPS) is 23.1. The van der Waals surface area contributed by atoms with Crippen molar-refractivity contribution < 1.29 is 9.90 Å². The summed E-state index contributed by atoms with van der Waals surface area (Å²) in [6.07, 6.45) is 3.06. The van der Waals surface area contributed by atoms with E-state index in [1.807, 2.05) is 30.5 Å². The standard InChI is InChI=1S/C16H18N2O2/c1-10(19)18-16(12-7-14(20)8-12)13-6-11-4-2-3-5-15(11)17-9-13/h2-6,9,12,14,16,20H,7-8H2,1H3,(H,18,19)/t12?,14?,16-/m0/s1. The number of fused-ring (bicyclic) bond motifs is 1. The molecule has 1 saturated carbocycles. The largest absolute Gasteiger partial charge is 0.393 e. The number of hydrogen-bond acceptors (Lipinski definition) is 3. The van der Waals surface area contributed by atoms with E-state index in [0.29, 0.717) is 0 Å². The zero-order chi connectivity index (χ0) is 14.1. The van der Waals surface area contributed by atoms with E-state index >= 15 is 0 Å². The predicted octanol–water partition coefficient (Wildman–Crippen LogP) is 2.18. The lowest BCUT2D eigenvalue weighted by Gasteiger charge is -2.38. The van der Waals surface area contributed by atoms with Crippen molar-refractivity contribution in [3.63, 3.8) is 0 Å². The van der Waals surface area contributed by atoms with E-state index < -0.39 is 0 Å². The highest BCUT2D eigenvalue weighted by Gasteiger charge is 2.35. The summed E-state index contributed by atoms with van der Waals surface area (Å²) in [6, 6.07) is 9.95. The summed E-state index contributed by atoms with van der Waals surface area (Å²) in [5.41, 5.74) is 1.96. The molecule has 4 nitrogen and oxygen atoms in total. The molecule has 1 atom stereocenters. The Kier molecular flexibility index (Phi) is 3.40. The molecule has 1 aliphatic rings. The number of nitrogens with one attached hydrogen (secondary N) is 1. The number of para-hydroxylation sites is 1. The van der Waals surface area contributed by atoms with E-state index in [0.717, 1.165) is 29.3 Å². The summed E-state index contributed by atoms with van der Waals surface area (Å²) < 4.78 is 0. The molecule has 20 heavy (non-hydrogen) atoms. The van der Waals surface area contributed by atoms with E-state index in [9.17, 15) is 9.90 Å². The Balaban J connectivity index is 1.93. The Morgan fingerprint density at radius 2 is 2.15 bits per heavy atom. The molecule has 4 heteroatoms. The lowest BCUT2D eigenvalue weighted by atomic mass is 9.75. The lowest BCUT2D eigenvalue weighted by Crippen LogP contribution is -2.40. The Morgan fingerprint density at radius 3 is 2.85 bits per heavy atom. The van der Waals surface area contributed by atoms with Crippen LogP contribution in [0.2, 0.25) is 0 Å². The first-order valence-electron chi connectivity index (χ1n) is 6.93. The number of pyridine rings is 1. The molecule has 1 aromatic heterocycles. The van der Waals surface area contributed by atoms with Crippen molar-refractivity contribution in [2.75, 3.05) is 0 Å². The monoisotopic (exact) mass is 270 g/mol. The molecule has 0 spiro atoms. The Morgan fingerprint density at radius 1 is 1.40 bits per heavy atom. The maximum Gasteiger partial charge on any atom is 0.217 e. The molecule has 2 N–H and O–H groups in total. The van der Waals surface area contributed by atoms with Crippen molar-refractivity contribution >= 4 is 16.8 Å². The zero-order valence-corrected chi connectivity index (χ0v) is 11.4. The van der Waals surface area contributed by atoms with Crippen molar-refractivity contribution in [3.8, 4) is 0 Å². The highest BCUT2D eigenvalue weighted by molar-refractivity contribution is 5.79. The molecule has 2 aromatic rings. The van der Waals surface area contributed by atoms with E-state index in [4.69, 9.17) is 0 Å². The fourth-order valence-corrected chi connectivity index (χ4v) is 2.85. The van der Waals surface area contributed by atoms with Crippen molar-refractivity contribution in [1.82, 2.24) is 10.3 Å². The van der Waals surface area contributed by atoms with Gasteiger partial charge in [-0.3, -0.25) is 9.78 Å². The Labute approximate surface area is 117 Å². The van der Waals surface area contributed by atoms with Gasteiger partial charge in [0.05, 0.1) is 17.7 Å². The highest BCUT2D eigenvalue weighted by Crippen LogP contribution is 2.38. The van der Waals surface area contributed by atoms with Crippen LogP contribution in [0, 0.1) is 5.92 Å². The van der Waals surface area contributed by atoms with Crippen LogP contribution in [0.4, 0.5) is 0 Å².